The number of aliphatic hydroxyl groups is 1. The van der Waals surface area contributed by atoms with Gasteiger partial charge in [-0.25, -0.2) is 18.7 Å². The molecule has 0 saturated carbocycles. The summed E-state index contributed by atoms with van der Waals surface area (Å²) in [5.41, 5.74) is 0.129. The summed E-state index contributed by atoms with van der Waals surface area (Å²) in [4.78, 5) is 15.0. The fraction of sp³-hybridized carbons (Fsp3) is 0.318. The maximum atomic E-state index is 14.0. The van der Waals surface area contributed by atoms with Gasteiger partial charge in [0.1, 0.15) is 4.70 Å². The van der Waals surface area contributed by atoms with E-state index in [4.69, 9.17) is 0 Å². The zero-order valence-electron chi connectivity index (χ0n) is 18.1. The number of thiophene rings is 1. The van der Waals surface area contributed by atoms with Gasteiger partial charge in [-0.1, -0.05) is 41.3 Å². The summed E-state index contributed by atoms with van der Waals surface area (Å²) in [5, 5.41) is 19.5. The van der Waals surface area contributed by atoms with Gasteiger partial charge in [-0.3, -0.25) is 0 Å². The van der Waals surface area contributed by atoms with Crippen molar-refractivity contribution in [2.75, 3.05) is 23.8 Å². The van der Waals surface area contributed by atoms with Gasteiger partial charge in [0, 0.05) is 22.7 Å². The first kappa shape index (κ1) is 23.8. The van der Waals surface area contributed by atoms with E-state index >= 15 is 0 Å². The zero-order valence-corrected chi connectivity index (χ0v) is 20.5. The van der Waals surface area contributed by atoms with Gasteiger partial charge in [0.05, 0.1) is 12.1 Å². The Balaban J connectivity index is 1.57. The van der Waals surface area contributed by atoms with E-state index < -0.39 is 17.2 Å². The molecule has 4 rings (SSSR count). The molecule has 0 amide bonds. The lowest BCUT2D eigenvalue weighted by atomic mass is 10.1. The van der Waals surface area contributed by atoms with Gasteiger partial charge in [0.25, 0.3) is 0 Å². The Morgan fingerprint density at radius 2 is 1.97 bits per heavy atom. The standard InChI is InChI=1S/C22H23F2N5OS3/c1-22(2,12-30)29-19-17-18(26-20(33-17)25-9-8-14-6-4-10-31-14)27-21(28-19)32-11-13-5-3-7-15(23)16(13)24/h3-7,10,30H,8-9,11-12H2,1-2H3,(H2,25,26,27,28,29). The van der Waals surface area contributed by atoms with Crippen molar-refractivity contribution in [3.8, 4) is 0 Å². The molecular weight excluding hydrogens is 484 g/mol. The highest BCUT2D eigenvalue weighted by Crippen LogP contribution is 2.34. The van der Waals surface area contributed by atoms with Crippen molar-refractivity contribution in [2.45, 2.75) is 36.7 Å². The number of aliphatic hydroxyl groups excluding tert-OH is 1. The van der Waals surface area contributed by atoms with Crippen molar-refractivity contribution in [3.63, 3.8) is 0 Å². The van der Waals surface area contributed by atoms with Crippen LogP contribution in [0.15, 0.2) is 40.9 Å². The van der Waals surface area contributed by atoms with Crippen molar-refractivity contribution < 1.29 is 13.9 Å². The van der Waals surface area contributed by atoms with E-state index in [1.165, 1.54) is 40.1 Å². The molecule has 3 heterocycles. The number of hydrogen-bond acceptors (Lipinski definition) is 9. The van der Waals surface area contributed by atoms with E-state index in [0.29, 0.717) is 16.6 Å². The van der Waals surface area contributed by atoms with Crippen molar-refractivity contribution in [1.82, 2.24) is 15.0 Å². The molecule has 0 aliphatic carbocycles. The summed E-state index contributed by atoms with van der Waals surface area (Å²) >= 11 is 4.35. The quantitative estimate of drug-likeness (QED) is 0.192. The van der Waals surface area contributed by atoms with E-state index in [1.54, 1.807) is 11.3 Å². The molecular formula is C22H23F2N5OS3. The van der Waals surface area contributed by atoms with Crippen LogP contribution in [-0.2, 0) is 12.2 Å². The molecule has 0 fully saturated rings. The Bertz CT molecular complexity index is 1230. The first-order chi connectivity index (χ1) is 15.8. The fourth-order valence-electron chi connectivity index (χ4n) is 2.94. The van der Waals surface area contributed by atoms with Gasteiger partial charge in [0.15, 0.2) is 33.4 Å². The molecule has 0 saturated heterocycles. The van der Waals surface area contributed by atoms with Gasteiger partial charge in [0.2, 0.25) is 0 Å². The monoisotopic (exact) mass is 507 g/mol. The van der Waals surface area contributed by atoms with E-state index in [0.717, 1.165) is 28.9 Å². The van der Waals surface area contributed by atoms with Gasteiger partial charge in [-0.15, -0.1) is 11.3 Å². The van der Waals surface area contributed by atoms with E-state index in [1.807, 2.05) is 19.9 Å². The van der Waals surface area contributed by atoms with Crippen molar-refractivity contribution in [2.24, 2.45) is 0 Å². The number of benzene rings is 1. The molecule has 4 aromatic rings. The largest absolute Gasteiger partial charge is 0.394 e. The number of halogens is 2. The maximum Gasteiger partial charge on any atom is 0.191 e. The number of anilines is 2. The Kier molecular flexibility index (Phi) is 7.42. The third-order valence-electron chi connectivity index (χ3n) is 4.70. The lowest BCUT2D eigenvalue weighted by Crippen LogP contribution is -2.35. The van der Waals surface area contributed by atoms with Gasteiger partial charge in [-0.05, 0) is 37.8 Å². The summed E-state index contributed by atoms with van der Waals surface area (Å²) in [7, 11) is 0. The van der Waals surface area contributed by atoms with Crippen LogP contribution < -0.4 is 10.6 Å². The van der Waals surface area contributed by atoms with Crippen LogP contribution >= 0.6 is 34.4 Å². The second-order valence-electron chi connectivity index (χ2n) is 7.95. The number of hydrogen-bond donors (Lipinski definition) is 3. The molecule has 6 nitrogen and oxygen atoms in total. The maximum absolute atomic E-state index is 14.0. The predicted molar refractivity (Wildman–Crippen MR) is 132 cm³/mol. The molecule has 3 N–H and O–H groups in total. The average molecular weight is 508 g/mol. The minimum atomic E-state index is -0.880. The Hall–Kier alpha value is -2.34. The molecule has 0 aliphatic heterocycles. The van der Waals surface area contributed by atoms with Gasteiger partial charge in [-0.2, -0.15) is 4.98 Å². The molecule has 3 aromatic heterocycles. The third kappa shape index (κ3) is 5.97. The number of nitrogens with zero attached hydrogens (tertiary/aromatic N) is 3. The minimum absolute atomic E-state index is 0.0970. The highest BCUT2D eigenvalue weighted by atomic mass is 32.2. The zero-order chi connectivity index (χ0) is 23.4. The molecule has 11 heteroatoms. The van der Waals surface area contributed by atoms with Crippen LogP contribution in [0.5, 0.6) is 0 Å². The van der Waals surface area contributed by atoms with Gasteiger partial charge >= 0.3 is 0 Å². The molecule has 0 bridgehead atoms. The van der Waals surface area contributed by atoms with Crippen molar-refractivity contribution in [3.05, 3.63) is 57.8 Å². The van der Waals surface area contributed by atoms with E-state index in [9.17, 15) is 13.9 Å². The first-order valence-electron chi connectivity index (χ1n) is 10.2. The number of thioether (sulfide) groups is 1. The molecule has 1 aromatic carbocycles. The molecule has 0 radical (unpaired) electrons. The number of thiazole rings is 1. The van der Waals surface area contributed by atoms with Crippen LogP contribution in [0.1, 0.15) is 24.3 Å². The fourth-order valence-corrected chi connectivity index (χ4v) is 5.34. The second kappa shape index (κ2) is 10.3. The summed E-state index contributed by atoms with van der Waals surface area (Å²) in [6, 6.07) is 8.23. The van der Waals surface area contributed by atoms with E-state index in [2.05, 4.69) is 37.0 Å². The Labute approximate surface area is 202 Å². The normalized spacial score (nSPS) is 11.8. The second-order valence-corrected chi connectivity index (χ2v) is 10.9. The average Bonchev–Trinajstić information content (AvgIpc) is 3.44. The van der Waals surface area contributed by atoms with Crippen LogP contribution in [0.2, 0.25) is 0 Å². The summed E-state index contributed by atoms with van der Waals surface area (Å²) in [6.45, 7) is 4.35. The number of aromatic nitrogens is 3. The van der Waals surface area contributed by atoms with Crippen molar-refractivity contribution >= 4 is 55.7 Å². The van der Waals surface area contributed by atoms with Crippen LogP contribution in [0.4, 0.5) is 19.7 Å². The van der Waals surface area contributed by atoms with Gasteiger partial charge < -0.3 is 15.7 Å². The molecule has 0 spiro atoms. The summed E-state index contributed by atoms with van der Waals surface area (Å²) < 4.78 is 28.3. The topological polar surface area (TPSA) is 83.0 Å². The summed E-state index contributed by atoms with van der Waals surface area (Å²) in [5.74, 6) is -1.02. The van der Waals surface area contributed by atoms with Crippen LogP contribution in [-0.4, -0.2) is 38.7 Å². The first-order valence-corrected chi connectivity index (χ1v) is 12.9. The molecule has 0 aliphatic rings. The molecule has 33 heavy (non-hydrogen) atoms. The van der Waals surface area contributed by atoms with Crippen molar-refractivity contribution in [1.29, 1.82) is 0 Å². The Morgan fingerprint density at radius 1 is 1.12 bits per heavy atom. The predicted octanol–water partition coefficient (Wildman–Crippen LogP) is 5.56. The third-order valence-corrected chi connectivity index (χ3v) is 7.54. The van der Waals surface area contributed by atoms with Crippen LogP contribution in [0, 0.1) is 11.6 Å². The number of fused-ring (bicyclic) bond motifs is 1. The molecule has 174 valence electrons. The highest BCUT2D eigenvalue weighted by Gasteiger charge is 2.21. The summed E-state index contributed by atoms with van der Waals surface area (Å²) in [6.07, 6.45) is 0.891. The van der Waals surface area contributed by atoms with Crippen LogP contribution in [0.25, 0.3) is 10.3 Å². The molecule has 0 atom stereocenters. The Morgan fingerprint density at radius 3 is 2.73 bits per heavy atom. The van der Waals surface area contributed by atoms with Crippen LogP contribution in [0.3, 0.4) is 0 Å². The minimum Gasteiger partial charge on any atom is -0.394 e. The molecule has 0 unspecified atom stereocenters. The smallest absolute Gasteiger partial charge is 0.191 e. The lowest BCUT2D eigenvalue weighted by Gasteiger charge is -2.24. The number of rotatable bonds is 10. The SMILES string of the molecule is CC(C)(CO)Nc1nc(SCc2cccc(F)c2F)nc2nc(NCCc3cccs3)sc12. The lowest BCUT2D eigenvalue weighted by molar-refractivity contribution is 0.234. The van der Waals surface area contributed by atoms with E-state index in [-0.39, 0.29) is 17.9 Å². The highest BCUT2D eigenvalue weighted by molar-refractivity contribution is 7.98. The number of nitrogens with one attached hydrogen (secondary N) is 2.